The molecule has 0 unspecified atom stereocenters. The van der Waals surface area contributed by atoms with Crippen molar-refractivity contribution in [3.63, 3.8) is 0 Å². The molecule has 0 aromatic heterocycles. The number of rotatable bonds is 4. The number of hydrogen-bond donors (Lipinski definition) is 2. The summed E-state index contributed by atoms with van der Waals surface area (Å²) in [4.78, 5) is 0. The van der Waals surface area contributed by atoms with E-state index in [9.17, 15) is 5.11 Å². The molecule has 1 saturated carbocycles. The molecule has 4 atom stereocenters. The van der Waals surface area contributed by atoms with Gasteiger partial charge in [-0.25, -0.2) is 0 Å². The van der Waals surface area contributed by atoms with Crippen LogP contribution in [-0.2, 0) is 0 Å². The number of hydrogen-bond acceptors (Lipinski definition) is 2. The molecule has 0 aromatic rings. The normalized spacial score (nSPS) is 32.9. The average molecular weight is 240 g/mol. The van der Waals surface area contributed by atoms with Crippen molar-refractivity contribution in [1.82, 2.24) is 0 Å². The largest absolute Gasteiger partial charge is 0.392 e. The van der Waals surface area contributed by atoms with Crippen LogP contribution in [0.15, 0.2) is 11.6 Å². The van der Waals surface area contributed by atoms with E-state index in [1.54, 1.807) is 0 Å². The minimum Gasteiger partial charge on any atom is -0.392 e. The van der Waals surface area contributed by atoms with E-state index in [1.807, 2.05) is 13.0 Å². The fourth-order valence-electron chi connectivity index (χ4n) is 3.14. The zero-order valence-corrected chi connectivity index (χ0v) is 11.7. The van der Waals surface area contributed by atoms with Crippen LogP contribution in [-0.4, -0.2) is 22.9 Å². The molecule has 0 amide bonds. The molecule has 0 heterocycles. The van der Waals surface area contributed by atoms with Crippen LogP contribution in [0.4, 0.5) is 0 Å². The van der Waals surface area contributed by atoms with Gasteiger partial charge >= 0.3 is 0 Å². The molecule has 1 rings (SSSR count). The zero-order valence-electron chi connectivity index (χ0n) is 11.7. The van der Waals surface area contributed by atoms with Gasteiger partial charge in [-0.2, -0.15) is 0 Å². The van der Waals surface area contributed by atoms with Crippen molar-refractivity contribution in [3.8, 4) is 0 Å². The monoisotopic (exact) mass is 240 g/mol. The van der Waals surface area contributed by atoms with Gasteiger partial charge in [0.1, 0.15) is 0 Å². The summed E-state index contributed by atoms with van der Waals surface area (Å²) in [6.45, 7) is 8.70. The summed E-state index contributed by atoms with van der Waals surface area (Å²) in [7, 11) is 0. The molecule has 0 spiro atoms. The molecule has 2 N–H and O–H groups in total. The van der Waals surface area contributed by atoms with Gasteiger partial charge in [0.05, 0.1) is 12.7 Å². The Balaban J connectivity index is 2.75. The summed E-state index contributed by atoms with van der Waals surface area (Å²) in [5.41, 5.74) is 0.873. The van der Waals surface area contributed by atoms with Crippen LogP contribution < -0.4 is 0 Å². The quantitative estimate of drug-likeness (QED) is 0.742. The fraction of sp³-hybridized carbons (Fsp3) is 0.867. The Hall–Kier alpha value is -0.340. The van der Waals surface area contributed by atoms with Gasteiger partial charge in [0, 0.05) is 0 Å². The van der Waals surface area contributed by atoms with Crippen LogP contribution in [0, 0.1) is 23.7 Å². The van der Waals surface area contributed by atoms with Crippen molar-refractivity contribution in [2.75, 3.05) is 6.61 Å². The zero-order chi connectivity index (χ0) is 13.0. The topological polar surface area (TPSA) is 40.5 Å². The first kappa shape index (κ1) is 14.7. The van der Waals surface area contributed by atoms with Gasteiger partial charge < -0.3 is 10.2 Å². The maximum atomic E-state index is 10.3. The first-order chi connectivity index (χ1) is 7.95. The van der Waals surface area contributed by atoms with E-state index >= 15 is 0 Å². The lowest BCUT2D eigenvalue weighted by atomic mass is 9.68. The molecule has 100 valence electrons. The van der Waals surface area contributed by atoms with E-state index in [0.717, 1.165) is 12.0 Å². The van der Waals surface area contributed by atoms with E-state index in [-0.39, 0.29) is 6.61 Å². The van der Waals surface area contributed by atoms with Gasteiger partial charge in [-0.1, -0.05) is 33.3 Å². The van der Waals surface area contributed by atoms with Crippen molar-refractivity contribution < 1.29 is 10.2 Å². The number of aliphatic hydroxyl groups is 2. The highest BCUT2D eigenvalue weighted by Crippen LogP contribution is 2.40. The van der Waals surface area contributed by atoms with Crippen molar-refractivity contribution >= 4 is 0 Å². The van der Waals surface area contributed by atoms with Gasteiger partial charge in [-0.05, 0) is 49.0 Å². The molecule has 0 saturated heterocycles. The lowest BCUT2D eigenvalue weighted by Gasteiger charge is -2.39. The Morgan fingerprint density at radius 3 is 2.47 bits per heavy atom. The fourth-order valence-corrected chi connectivity index (χ4v) is 3.14. The smallest absolute Gasteiger partial charge is 0.0755 e. The lowest BCUT2D eigenvalue weighted by Crippen LogP contribution is -2.35. The van der Waals surface area contributed by atoms with Crippen molar-refractivity contribution in [2.45, 2.75) is 53.1 Å². The van der Waals surface area contributed by atoms with Crippen LogP contribution in [0.5, 0.6) is 0 Å². The van der Waals surface area contributed by atoms with Crippen LogP contribution >= 0.6 is 0 Å². The van der Waals surface area contributed by atoms with E-state index in [1.165, 1.54) is 12.8 Å². The average Bonchev–Trinajstić information content (AvgIpc) is 2.28. The highest BCUT2D eigenvalue weighted by atomic mass is 16.3. The summed E-state index contributed by atoms with van der Waals surface area (Å²) < 4.78 is 0. The molecule has 0 bridgehead atoms. The SMILES string of the molecule is C/C(=C\[C@H](O)[C@@H]1C[C@H](C)CC[C@H]1C(C)C)CO. The Morgan fingerprint density at radius 2 is 1.94 bits per heavy atom. The van der Waals surface area contributed by atoms with Gasteiger partial charge in [0.25, 0.3) is 0 Å². The molecule has 0 aromatic carbocycles. The molecule has 2 nitrogen and oxygen atoms in total. The minimum atomic E-state index is -0.391. The molecular weight excluding hydrogens is 212 g/mol. The molecular formula is C15H28O2. The van der Waals surface area contributed by atoms with E-state index in [4.69, 9.17) is 5.11 Å². The molecule has 0 aliphatic heterocycles. The van der Waals surface area contributed by atoms with E-state index < -0.39 is 6.10 Å². The first-order valence-corrected chi connectivity index (χ1v) is 6.92. The summed E-state index contributed by atoms with van der Waals surface area (Å²) in [5, 5.41) is 19.4. The van der Waals surface area contributed by atoms with Crippen LogP contribution in [0.2, 0.25) is 0 Å². The molecule has 2 heteroatoms. The second kappa shape index (κ2) is 6.55. The predicted molar refractivity (Wildman–Crippen MR) is 71.7 cm³/mol. The maximum Gasteiger partial charge on any atom is 0.0755 e. The second-order valence-corrected chi connectivity index (χ2v) is 6.15. The van der Waals surface area contributed by atoms with Crippen LogP contribution in [0.25, 0.3) is 0 Å². The molecule has 17 heavy (non-hydrogen) atoms. The van der Waals surface area contributed by atoms with Gasteiger partial charge in [0.15, 0.2) is 0 Å². The summed E-state index contributed by atoms with van der Waals surface area (Å²) in [5.74, 6) is 2.32. The first-order valence-electron chi connectivity index (χ1n) is 6.92. The summed E-state index contributed by atoms with van der Waals surface area (Å²) in [6.07, 6.45) is 5.08. The second-order valence-electron chi connectivity index (χ2n) is 6.15. The highest BCUT2D eigenvalue weighted by molar-refractivity contribution is 5.04. The standard InChI is InChI=1S/C15H28O2/c1-10(2)13-6-5-11(3)7-14(13)15(17)8-12(4)9-16/h8,10-11,13-17H,5-7,9H2,1-4H3/b12-8+/t11-,13+,14-,15+/m1/s1. The lowest BCUT2D eigenvalue weighted by molar-refractivity contribution is 0.0420. The van der Waals surface area contributed by atoms with Crippen LogP contribution in [0.1, 0.15) is 47.0 Å². The predicted octanol–water partition coefficient (Wildman–Crippen LogP) is 2.99. The van der Waals surface area contributed by atoms with E-state index in [0.29, 0.717) is 23.7 Å². The number of aliphatic hydroxyl groups excluding tert-OH is 2. The highest BCUT2D eigenvalue weighted by Gasteiger charge is 2.34. The van der Waals surface area contributed by atoms with E-state index in [2.05, 4.69) is 20.8 Å². The minimum absolute atomic E-state index is 0.0473. The molecule has 1 aliphatic carbocycles. The third-order valence-corrected chi connectivity index (χ3v) is 4.22. The third-order valence-electron chi connectivity index (χ3n) is 4.22. The molecule has 1 aliphatic rings. The maximum absolute atomic E-state index is 10.3. The third kappa shape index (κ3) is 4.11. The Morgan fingerprint density at radius 1 is 1.29 bits per heavy atom. The Kier molecular flexibility index (Phi) is 5.68. The van der Waals surface area contributed by atoms with Crippen molar-refractivity contribution in [3.05, 3.63) is 11.6 Å². The van der Waals surface area contributed by atoms with Crippen molar-refractivity contribution in [1.29, 1.82) is 0 Å². The van der Waals surface area contributed by atoms with Crippen LogP contribution in [0.3, 0.4) is 0 Å². The summed E-state index contributed by atoms with van der Waals surface area (Å²) >= 11 is 0. The van der Waals surface area contributed by atoms with Gasteiger partial charge in [-0.3, -0.25) is 0 Å². The molecule has 1 fully saturated rings. The van der Waals surface area contributed by atoms with Gasteiger partial charge in [0.2, 0.25) is 0 Å². The van der Waals surface area contributed by atoms with Crippen molar-refractivity contribution in [2.24, 2.45) is 23.7 Å². The Labute approximate surface area is 106 Å². The Bertz CT molecular complexity index is 258. The molecule has 0 radical (unpaired) electrons. The van der Waals surface area contributed by atoms with Gasteiger partial charge in [-0.15, -0.1) is 0 Å². The summed E-state index contributed by atoms with van der Waals surface area (Å²) in [6, 6.07) is 0.